The zero-order valence-corrected chi connectivity index (χ0v) is 10.0. The lowest BCUT2D eigenvalue weighted by Gasteiger charge is -2.02. The summed E-state index contributed by atoms with van der Waals surface area (Å²) in [6.45, 7) is 0.262. The molecule has 1 aromatic carbocycles. The van der Waals surface area contributed by atoms with Crippen LogP contribution in [0, 0.1) is 5.82 Å². The van der Waals surface area contributed by atoms with E-state index in [4.69, 9.17) is 0 Å². The number of hydrogen-bond acceptors (Lipinski definition) is 2. The molecule has 3 nitrogen and oxygen atoms in total. The van der Waals surface area contributed by atoms with Crippen LogP contribution in [0.2, 0.25) is 0 Å². The summed E-state index contributed by atoms with van der Waals surface area (Å²) in [6, 6.07) is 4.42. The number of nitrogens with zero attached hydrogens (tertiary/aromatic N) is 3. The third-order valence-corrected chi connectivity index (χ3v) is 2.69. The number of alkyl halides is 2. The SMILES string of the molecule is Fc1ccc(Cn2cnc(C(F)F)n2)cc1Br. The molecule has 2 aromatic rings. The van der Waals surface area contributed by atoms with Gasteiger partial charge in [0.1, 0.15) is 12.1 Å². The van der Waals surface area contributed by atoms with E-state index in [2.05, 4.69) is 26.0 Å². The van der Waals surface area contributed by atoms with Crippen molar-refractivity contribution in [3.63, 3.8) is 0 Å². The highest BCUT2D eigenvalue weighted by atomic mass is 79.9. The van der Waals surface area contributed by atoms with Crippen molar-refractivity contribution in [1.82, 2.24) is 14.8 Å². The van der Waals surface area contributed by atoms with Crippen molar-refractivity contribution in [2.24, 2.45) is 0 Å². The van der Waals surface area contributed by atoms with Crippen LogP contribution >= 0.6 is 15.9 Å². The van der Waals surface area contributed by atoms with Crippen molar-refractivity contribution in [2.45, 2.75) is 13.0 Å². The van der Waals surface area contributed by atoms with Gasteiger partial charge in [0.05, 0.1) is 11.0 Å². The Morgan fingerprint density at radius 3 is 2.71 bits per heavy atom. The molecule has 0 fully saturated rings. The Morgan fingerprint density at radius 1 is 1.35 bits per heavy atom. The van der Waals surface area contributed by atoms with Crippen LogP contribution in [-0.2, 0) is 6.54 Å². The summed E-state index contributed by atoms with van der Waals surface area (Å²) < 4.78 is 39.1. The van der Waals surface area contributed by atoms with Crippen LogP contribution in [0.1, 0.15) is 17.8 Å². The maximum Gasteiger partial charge on any atom is 0.299 e. The molecule has 0 atom stereocenters. The second-order valence-electron chi connectivity index (χ2n) is 3.35. The van der Waals surface area contributed by atoms with E-state index < -0.39 is 12.2 Å². The van der Waals surface area contributed by atoms with Gasteiger partial charge >= 0.3 is 0 Å². The molecule has 2 rings (SSSR count). The normalized spacial score (nSPS) is 11.1. The third-order valence-electron chi connectivity index (χ3n) is 2.08. The minimum Gasteiger partial charge on any atom is -0.248 e. The van der Waals surface area contributed by atoms with Gasteiger partial charge in [-0.25, -0.2) is 22.8 Å². The van der Waals surface area contributed by atoms with Crippen molar-refractivity contribution < 1.29 is 13.2 Å². The molecule has 17 heavy (non-hydrogen) atoms. The van der Waals surface area contributed by atoms with Gasteiger partial charge < -0.3 is 0 Å². The van der Waals surface area contributed by atoms with E-state index in [1.807, 2.05) is 0 Å². The van der Waals surface area contributed by atoms with Gasteiger partial charge in [-0.3, -0.25) is 0 Å². The Kier molecular flexibility index (Phi) is 3.46. The van der Waals surface area contributed by atoms with Gasteiger partial charge in [0.25, 0.3) is 6.43 Å². The van der Waals surface area contributed by atoms with Crippen LogP contribution in [0.3, 0.4) is 0 Å². The van der Waals surface area contributed by atoms with Crippen LogP contribution in [-0.4, -0.2) is 14.8 Å². The topological polar surface area (TPSA) is 30.7 Å². The summed E-state index contributed by atoms with van der Waals surface area (Å²) in [4.78, 5) is 3.47. The van der Waals surface area contributed by atoms with E-state index in [0.29, 0.717) is 4.47 Å². The lowest BCUT2D eigenvalue weighted by Crippen LogP contribution is -2.01. The minimum atomic E-state index is -2.68. The van der Waals surface area contributed by atoms with E-state index in [1.165, 1.54) is 17.1 Å². The number of hydrogen-bond donors (Lipinski definition) is 0. The highest BCUT2D eigenvalue weighted by Crippen LogP contribution is 2.18. The Balaban J connectivity index is 2.16. The predicted molar refractivity (Wildman–Crippen MR) is 58.2 cm³/mol. The van der Waals surface area contributed by atoms with Crippen molar-refractivity contribution in [3.05, 3.63) is 46.2 Å². The fraction of sp³-hybridized carbons (Fsp3) is 0.200. The van der Waals surface area contributed by atoms with Crippen LogP contribution in [0.5, 0.6) is 0 Å². The molecule has 0 radical (unpaired) electrons. The molecule has 0 saturated carbocycles. The van der Waals surface area contributed by atoms with Crippen LogP contribution in [0.15, 0.2) is 29.0 Å². The predicted octanol–water partition coefficient (Wildman–Crippen LogP) is 3.17. The van der Waals surface area contributed by atoms with Gasteiger partial charge in [-0.05, 0) is 33.6 Å². The van der Waals surface area contributed by atoms with E-state index in [1.54, 1.807) is 12.1 Å². The minimum absolute atomic E-state index is 0.262. The second kappa shape index (κ2) is 4.87. The molecule has 0 spiro atoms. The maximum absolute atomic E-state index is 13.0. The van der Waals surface area contributed by atoms with E-state index in [0.717, 1.165) is 5.56 Å². The molecule has 1 aromatic heterocycles. The summed E-state index contributed by atoms with van der Waals surface area (Å²) in [7, 11) is 0. The van der Waals surface area contributed by atoms with Gasteiger partial charge in [0.2, 0.25) is 5.82 Å². The molecular weight excluding hydrogens is 299 g/mol. The number of benzene rings is 1. The first-order chi connectivity index (χ1) is 8.06. The molecule has 0 amide bonds. The summed E-state index contributed by atoms with van der Waals surface area (Å²) in [6.07, 6.45) is -1.46. The molecule has 0 aliphatic heterocycles. The van der Waals surface area contributed by atoms with Gasteiger partial charge in [-0.2, -0.15) is 0 Å². The van der Waals surface area contributed by atoms with Crippen molar-refractivity contribution >= 4 is 15.9 Å². The molecule has 0 saturated heterocycles. The van der Waals surface area contributed by atoms with Gasteiger partial charge in [0, 0.05) is 0 Å². The summed E-state index contributed by atoms with van der Waals surface area (Å²) in [5.41, 5.74) is 0.740. The molecule has 0 aliphatic rings. The number of halogens is 4. The highest BCUT2D eigenvalue weighted by molar-refractivity contribution is 9.10. The quantitative estimate of drug-likeness (QED) is 0.872. The fourth-order valence-electron chi connectivity index (χ4n) is 1.31. The average molecular weight is 306 g/mol. The molecule has 0 unspecified atom stereocenters. The summed E-state index contributed by atoms with van der Waals surface area (Å²) in [5, 5.41) is 3.60. The molecule has 0 N–H and O–H groups in total. The standard InChI is InChI=1S/C10H7BrF3N3/c11-7-3-6(1-2-8(7)12)4-17-5-15-10(16-17)9(13)14/h1-3,5,9H,4H2. The molecular formula is C10H7BrF3N3. The maximum atomic E-state index is 13.0. The van der Waals surface area contributed by atoms with Crippen molar-refractivity contribution in [3.8, 4) is 0 Å². The Labute approximate surface area is 103 Å². The van der Waals surface area contributed by atoms with E-state index in [9.17, 15) is 13.2 Å². The molecule has 0 bridgehead atoms. The van der Waals surface area contributed by atoms with Crippen molar-refractivity contribution in [1.29, 1.82) is 0 Å². The summed E-state index contributed by atoms with van der Waals surface area (Å²) in [5.74, 6) is -0.883. The van der Waals surface area contributed by atoms with Crippen LogP contribution in [0.4, 0.5) is 13.2 Å². The average Bonchev–Trinajstić information content (AvgIpc) is 2.72. The van der Waals surface area contributed by atoms with Gasteiger partial charge in [-0.1, -0.05) is 6.07 Å². The fourth-order valence-corrected chi connectivity index (χ4v) is 1.74. The summed E-state index contributed by atoms with van der Waals surface area (Å²) >= 11 is 3.05. The Hall–Kier alpha value is -1.37. The van der Waals surface area contributed by atoms with E-state index >= 15 is 0 Å². The zero-order valence-electron chi connectivity index (χ0n) is 8.45. The van der Waals surface area contributed by atoms with Crippen molar-refractivity contribution in [2.75, 3.05) is 0 Å². The van der Waals surface area contributed by atoms with E-state index in [-0.39, 0.29) is 12.4 Å². The molecule has 1 heterocycles. The van der Waals surface area contributed by atoms with Crippen LogP contribution in [0.25, 0.3) is 0 Å². The first kappa shape index (κ1) is 12.1. The molecule has 90 valence electrons. The highest BCUT2D eigenvalue weighted by Gasteiger charge is 2.12. The molecule has 0 aliphatic carbocycles. The largest absolute Gasteiger partial charge is 0.299 e. The third kappa shape index (κ3) is 2.85. The zero-order chi connectivity index (χ0) is 12.4. The monoisotopic (exact) mass is 305 g/mol. The van der Waals surface area contributed by atoms with Gasteiger partial charge in [-0.15, -0.1) is 5.10 Å². The second-order valence-corrected chi connectivity index (χ2v) is 4.20. The first-order valence-electron chi connectivity index (χ1n) is 4.67. The van der Waals surface area contributed by atoms with Gasteiger partial charge in [0.15, 0.2) is 0 Å². The smallest absolute Gasteiger partial charge is 0.248 e. The van der Waals surface area contributed by atoms with Crippen LogP contribution < -0.4 is 0 Å². The Bertz CT molecular complexity index is 527. The lowest BCUT2D eigenvalue weighted by atomic mass is 10.2. The Morgan fingerprint density at radius 2 is 2.12 bits per heavy atom. The molecule has 7 heteroatoms. The number of aromatic nitrogens is 3. The first-order valence-corrected chi connectivity index (χ1v) is 5.47. The number of rotatable bonds is 3. The lowest BCUT2D eigenvalue weighted by molar-refractivity contribution is 0.140.